The van der Waals surface area contributed by atoms with E-state index in [1.54, 1.807) is 18.2 Å². The minimum absolute atomic E-state index is 0.113. The molecule has 1 heterocycles. The lowest BCUT2D eigenvalue weighted by Gasteiger charge is -2.03. The predicted molar refractivity (Wildman–Crippen MR) is 98.8 cm³/mol. The first kappa shape index (κ1) is 17.8. The van der Waals surface area contributed by atoms with E-state index in [2.05, 4.69) is 15.5 Å². The fourth-order valence-corrected chi connectivity index (χ4v) is 3.10. The largest absolute Gasteiger partial charge is 0.411 e. The highest BCUT2D eigenvalue weighted by Gasteiger charge is 2.14. The lowest BCUT2D eigenvalue weighted by Crippen LogP contribution is -2.24. The molecule has 0 aliphatic heterocycles. The van der Waals surface area contributed by atoms with Gasteiger partial charge in [-0.1, -0.05) is 65.3 Å². The van der Waals surface area contributed by atoms with Crippen LogP contribution < -0.4 is 5.32 Å². The number of thioether (sulfide) groups is 1. The van der Waals surface area contributed by atoms with Crippen LogP contribution in [0, 0.1) is 0 Å². The average Bonchev–Trinajstić information content (AvgIpc) is 3.08. The standard InChI is InChI=1S/C17H13Cl2N3O2S/c18-12-6-7-13(14(19)8-12)16-21-22-17(24-16)25-10-15(23)20-9-11-4-2-1-3-5-11/h1-8H,9-10H2,(H,20,23). The molecule has 0 saturated heterocycles. The molecule has 1 N–H and O–H groups in total. The van der Waals surface area contributed by atoms with Gasteiger partial charge in [-0.15, -0.1) is 10.2 Å². The number of hydrogen-bond donors (Lipinski definition) is 1. The van der Waals surface area contributed by atoms with Crippen LogP contribution in [0.3, 0.4) is 0 Å². The van der Waals surface area contributed by atoms with E-state index in [0.29, 0.717) is 27.4 Å². The Kier molecular flexibility index (Phi) is 5.96. The molecule has 128 valence electrons. The van der Waals surface area contributed by atoms with Crippen molar-refractivity contribution in [1.82, 2.24) is 15.5 Å². The van der Waals surface area contributed by atoms with Crippen LogP contribution in [0.5, 0.6) is 0 Å². The molecule has 8 heteroatoms. The first-order chi connectivity index (χ1) is 12.1. The van der Waals surface area contributed by atoms with Crippen molar-refractivity contribution in [2.24, 2.45) is 0 Å². The first-order valence-corrected chi connectivity index (χ1v) is 9.08. The maximum atomic E-state index is 11.9. The summed E-state index contributed by atoms with van der Waals surface area (Å²) in [6, 6.07) is 14.7. The highest BCUT2D eigenvalue weighted by atomic mass is 35.5. The van der Waals surface area contributed by atoms with Gasteiger partial charge >= 0.3 is 0 Å². The molecule has 0 atom stereocenters. The summed E-state index contributed by atoms with van der Waals surface area (Å²) in [6.07, 6.45) is 0. The number of nitrogens with zero attached hydrogens (tertiary/aromatic N) is 2. The number of aromatic nitrogens is 2. The van der Waals surface area contributed by atoms with E-state index in [1.165, 1.54) is 11.8 Å². The second-order valence-corrected chi connectivity index (χ2v) is 6.82. The fourth-order valence-electron chi connectivity index (χ4n) is 2.01. The Morgan fingerprint density at radius 2 is 1.92 bits per heavy atom. The van der Waals surface area contributed by atoms with Gasteiger partial charge in [0, 0.05) is 11.6 Å². The number of amides is 1. The summed E-state index contributed by atoms with van der Waals surface area (Å²) < 4.78 is 5.54. The fraction of sp³-hybridized carbons (Fsp3) is 0.118. The summed E-state index contributed by atoms with van der Waals surface area (Å²) in [6.45, 7) is 0.482. The normalized spacial score (nSPS) is 10.6. The zero-order chi connectivity index (χ0) is 17.6. The lowest BCUT2D eigenvalue weighted by atomic mass is 10.2. The van der Waals surface area contributed by atoms with E-state index in [-0.39, 0.29) is 17.6 Å². The van der Waals surface area contributed by atoms with Crippen LogP contribution in [0.25, 0.3) is 11.5 Å². The van der Waals surface area contributed by atoms with Gasteiger partial charge in [0.2, 0.25) is 11.8 Å². The SMILES string of the molecule is O=C(CSc1nnc(-c2ccc(Cl)cc2Cl)o1)NCc1ccccc1. The van der Waals surface area contributed by atoms with E-state index < -0.39 is 0 Å². The van der Waals surface area contributed by atoms with Crippen molar-refractivity contribution < 1.29 is 9.21 Å². The van der Waals surface area contributed by atoms with Crippen molar-refractivity contribution >= 4 is 40.9 Å². The van der Waals surface area contributed by atoms with Gasteiger partial charge in [-0.2, -0.15) is 0 Å². The van der Waals surface area contributed by atoms with Gasteiger partial charge in [0.1, 0.15) is 0 Å². The van der Waals surface area contributed by atoms with Crippen molar-refractivity contribution in [3.63, 3.8) is 0 Å². The van der Waals surface area contributed by atoms with Crippen LogP contribution in [0.2, 0.25) is 10.0 Å². The van der Waals surface area contributed by atoms with Gasteiger partial charge in [-0.3, -0.25) is 4.79 Å². The van der Waals surface area contributed by atoms with Crippen molar-refractivity contribution in [3.05, 3.63) is 64.1 Å². The maximum absolute atomic E-state index is 11.9. The first-order valence-electron chi connectivity index (χ1n) is 7.34. The summed E-state index contributed by atoms with van der Waals surface area (Å²) >= 11 is 13.2. The molecule has 0 aliphatic rings. The maximum Gasteiger partial charge on any atom is 0.277 e. The molecule has 3 rings (SSSR count). The zero-order valence-corrected chi connectivity index (χ0v) is 15.2. The minimum Gasteiger partial charge on any atom is -0.411 e. The molecule has 0 aliphatic carbocycles. The average molecular weight is 394 g/mol. The van der Waals surface area contributed by atoms with E-state index in [4.69, 9.17) is 27.6 Å². The third kappa shape index (κ3) is 4.98. The number of carbonyl (C=O) groups excluding carboxylic acids is 1. The molecule has 25 heavy (non-hydrogen) atoms. The van der Waals surface area contributed by atoms with E-state index >= 15 is 0 Å². The van der Waals surface area contributed by atoms with Gasteiger partial charge < -0.3 is 9.73 Å². The highest BCUT2D eigenvalue weighted by molar-refractivity contribution is 7.99. The van der Waals surface area contributed by atoms with Crippen LogP contribution in [0.1, 0.15) is 5.56 Å². The molecular formula is C17H13Cl2N3O2S. The zero-order valence-electron chi connectivity index (χ0n) is 12.9. The van der Waals surface area contributed by atoms with E-state index in [9.17, 15) is 4.79 Å². The van der Waals surface area contributed by atoms with Crippen LogP contribution in [-0.4, -0.2) is 21.9 Å². The van der Waals surface area contributed by atoms with Crippen molar-refractivity contribution in [2.75, 3.05) is 5.75 Å². The molecule has 1 aromatic heterocycles. The monoisotopic (exact) mass is 393 g/mol. The smallest absolute Gasteiger partial charge is 0.277 e. The molecule has 0 saturated carbocycles. The van der Waals surface area contributed by atoms with E-state index in [0.717, 1.165) is 5.56 Å². The quantitative estimate of drug-likeness (QED) is 0.626. The molecule has 0 radical (unpaired) electrons. The number of nitrogens with one attached hydrogen (secondary N) is 1. The van der Waals surface area contributed by atoms with Crippen LogP contribution in [0.4, 0.5) is 0 Å². The van der Waals surface area contributed by atoms with Gasteiger partial charge in [-0.05, 0) is 23.8 Å². The molecule has 3 aromatic rings. The summed E-state index contributed by atoms with van der Waals surface area (Å²) in [5.41, 5.74) is 1.64. The summed E-state index contributed by atoms with van der Waals surface area (Å²) in [5, 5.41) is 12.0. The van der Waals surface area contributed by atoms with E-state index in [1.807, 2.05) is 30.3 Å². The highest BCUT2D eigenvalue weighted by Crippen LogP contribution is 2.30. The Hall–Kier alpha value is -2.02. The Labute approximate surface area is 158 Å². The Balaban J connectivity index is 1.54. The molecule has 1 amide bonds. The molecule has 0 unspecified atom stereocenters. The Bertz CT molecular complexity index is 871. The van der Waals surface area contributed by atoms with Crippen LogP contribution in [0.15, 0.2) is 58.2 Å². The van der Waals surface area contributed by atoms with Crippen molar-refractivity contribution in [2.45, 2.75) is 11.8 Å². The number of halogens is 2. The second-order valence-electron chi connectivity index (χ2n) is 5.05. The number of carbonyl (C=O) groups is 1. The van der Waals surface area contributed by atoms with Crippen molar-refractivity contribution in [1.29, 1.82) is 0 Å². The van der Waals surface area contributed by atoms with Gasteiger partial charge in [0.05, 0.1) is 16.3 Å². The predicted octanol–water partition coefficient (Wildman–Crippen LogP) is 4.45. The summed E-state index contributed by atoms with van der Waals surface area (Å²) in [4.78, 5) is 11.9. The topological polar surface area (TPSA) is 68.0 Å². The molecule has 5 nitrogen and oxygen atoms in total. The van der Waals surface area contributed by atoms with Crippen LogP contribution in [-0.2, 0) is 11.3 Å². The number of benzene rings is 2. The Morgan fingerprint density at radius 3 is 2.68 bits per heavy atom. The van der Waals surface area contributed by atoms with Gasteiger partial charge in [-0.25, -0.2) is 0 Å². The third-order valence-electron chi connectivity index (χ3n) is 3.23. The Morgan fingerprint density at radius 1 is 1.12 bits per heavy atom. The molecule has 2 aromatic carbocycles. The molecule has 0 fully saturated rings. The summed E-state index contributed by atoms with van der Waals surface area (Å²) in [7, 11) is 0. The third-order valence-corrected chi connectivity index (χ3v) is 4.59. The minimum atomic E-state index is -0.113. The molecular weight excluding hydrogens is 381 g/mol. The van der Waals surface area contributed by atoms with Gasteiger partial charge in [0.25, 0.3) is 5.22 Å². The van der Waals surface area contributed by atoms with Crippen LogP contribution >= 0.6 is 35.0 Å². The molecule has 0 spiro atoms. The van der Waals surface area contributed by atoms with Crippen molar-refractivity contribution in [3.8, 4) is 11.5 Å². The number of rotatable bonds is 6. The number of hydrogen-bond acceptors (Lipinski definition) is 5. The molecule has 0 bridgehead atoms. The second kappa shape index (κ2) is 8.38. The summed E-state index contributed by atoms with van der Waals surface area (Å²) in [5.74, 6) is 0.356. The van der Waals surface area contributed by atoms with Gasteiger partial charge in [0.15, 0.2) is 0 Å². The lowest BCUT2D eigenvalue weighted by molar-refractivity contribution is -0.118.